The van der Waals surface area contributed by atoms with Gasteiger partial charge in [-0.05, 0) is 0 Å². The average molecular weight is 328 g/mol. The maximum Gasteiger partial charge on any atom is 0.326 e. The van der Waals surface area contributed by atoms with Crippen LogP contribution in [0.1, 0.15) is 12.8 Å². The minimum Gasteiger partial charge on any atom is -0.318 e. The highest BCUT2D eigenvalue weighted by Crippen LogP contribution is 2.43. The van der Waals surface area contributed by atoms with Crippen molar-refractivity contribution in [1.82, 2.24) is 9.88 Å². The van der Waals surface area contributed by atoms with Crippen molar-refractivity contribution in [2.45, 2.75) is 30.8 Å². The van der Waals surface area contributed by atoms with Gasteiger partial charge in [0.05, 0.1) is 24.5 Å². The normalized spacial score (nSPS) is 23.4. The second-order valence-corrected chi connectivity index (χ2v) is 6.25. The molecule has 0 N–H and O–H groups in total. The number of hydrogen-bond donors (Lipinski definition) is 0. The van der Waals surface area contributed by atoms with Gasteiger partial charge in [-0.2, -0.15) is 5.26 Å². The molecule has 0 bridgehead atoms. The van der Waals surface area contributed by atoms with Gasteiger partial charge in [0.25, 0.3) is 5.92 Å². The first-order chi connectivity index (χ1) is 11.5. The van der Waals surface area contributed by atoms with Crippen LogP contribution in [0.25, 0.3) is 10.8 Å². The number of urea groups is 1. The van der Waals surface area contributed by atoms with Crippen LogP contribution in [0, 0.1) is 11.3 Å². The number of halogens is 2. The maximum absolute atomic E-state index is 13.1. The zero-order valence-corrected chi connectivity index (χ0v) is 12.7. The smallest absolute Gasteiger partial charge is 0.318 e. The molecule has 2 fully saturated rings. The lowest BCUT2D eigenvalue weighted by molar-refractivity contribution is -0.112. The van der Waals surface area contributed by atoms with E-state index in [1.165, 1.54) is 9.80 Å². The van der Waals surface area contributed by atoms with Crippen LogP contribution in [0.15, 0.2) is 36.7 Å². The Balaban J connectivity index is 1.71. The van der Waals surface area contributed by atoms with E-state index in [1.807, 2.05) is 24.3 Å². The number of anilines is 1. The lowest BCUT2D eigenvalue weighted by atomic mass is 9.87. The largest absolute Gasteiger partial charge is 0.326 e. The third-order valence-electron chi connectivity index (χ3n) is 4.70. The molecule has 2 aromatic rings. The molecular formula is C17H14F2N4O. The molecule has 7 heteroatoms. The fourth-order valence-electron chi connectivity index (χ4n) is 3.44. The number of nitrogens with zero attached hydrogens (tertiary/aromatic N) is 4. The third kappa shape index (κ3) is 2.18. The van der Waals surface area contributed by atoms with E-state index in [2.05, 4.69) is 11.1 Å². The number of alkyl halides is 2. The number of carbonyl (C=O) groups is 1. The van der Waals surface area contributed by atoms with Gasteiger partial charge in [0.15, 0.2) is 0 Å². The first kappa shape index (κ1) is 14.8. The zero-order chi connectivity index (χ0) is 16.9. The van der Waals surface area contributed by atoms with Crippen molar-refractivity contribution in [2.75, 3.05) is 11.4 Å². The minimum atomic E-state index is -2.71. The molecule has 1 atom stereocenters. The summed E-state index contributed by atoms with van der Waals surface area (Å²) in [6.07, 6.45) is 2.56. The van der Waals surface area contributed by atoms with Crippen LogP contribution in [0.2, 0.25) is 0 Å². The van der Waals surface area contributed by atoms with Crippen molar-refractivity contribution in [3.05, 3.63) is 36.7 Å². The van der Waals surface area contributed by atoms with Crippen molar-refractivity contribution in [3.8, 4) is 6.07 Å². The second-order valence-electron chi connectivity index (χ2n) is 6.25. The van der Waals surface area contributed by atoms with Gasteiger partial charge in [-0.3, -0.25) is 9.88 Å². The summed E-state index contributed by atoms with van der Waals surface area (Å²) in [5, 5.41) is 11.1. The number of benzene rings is 1. The monoisotopic (exact) mass is 328 g/mol. The second kappa shape index (κ2) is 5.13. The van der Waals surface area contributed by atoms with E-state index >= 15 is 0 Å². The molecule has 4 rings (SSSR count). The molecule has 1 saturated heterocycles. The van der Waals surface area contributed by atoms with Crippen LogP contribution in [0.5, 0.6) is 0 Å². The molecule has 0 radical (unpaired) electrons. The summed E-state index contributed by atoms with van der Waals surface area (Å²) >= 11 is 0. The van der Waals surface area contributed by atoms with Crippen molar-refractivity contribution in [3.63, 3.8) is 0 Å². The zero-order valence-electron chi connectivity index (χ0n) is 12.7. The molecule has 1 aromatic heterocycles. The van der Waals surface area contributed by atoms with E-state index in [9.17, 15) is 18.8 Å². The molecule has 0 unspecified atom stereocenters. The summed E-state index contributed by atoms with van der Waals surface area (Å²) in [7, 11) is 0. The van der Waals surface area contributed by atoms with Crippen LogP contribution in [-0.2, 0) is 0 Å². The van der Waals surface area contributed by atoms with Crippen LogP contribution in [0.4, 0.5) is 19.3 Å². The first-order valence-electron chi connectivity index (χ1n) is 7.70. The SMILES string of the molecule is N#C[C@H]1CN(C2CC(F)(F)C2)C(=O)N1c1cncc2ccccc12. The van der Waals surface area contributed by atoms with Crippen molar-refractivity contribution in [2.24, 2.45) is 0 Å². The number of rotatable bonds is 2. The third-order valence-corrected chi connectivity index (χ3v) is 4.70. The fraction of sp³-hybridized carbons (Fsp3) is 0.353. The van der Waals surface area contributed by atoms with Gasteiger partial charge in [0.1, 0.15) is 6.04 Å². The molecule has 0 spiro atoms. The quantitative estimate of drug-likeness (QED) is 0.851. The number of amides is 2. The average Bonchev–Trinajstić information content (AvgIpc) is 2.88. The Labute approximate surface area is 137 Å². The lowest BCUT2D eigenvalue weighted by Crippen LogP contribution is -2.52. The van der Waals surface area contributed by atoms with Gasteiger partial charge < -0.3 is 4.90 Å². The van der Waals surface area contributed by atoms with Gasteiger partial charge in [0.2, 0.25) is 0 Å². The Bertz CT molecular complexity index is 850. The Morgan fingerprint density at radius 3 is 2.71 bits per heavy atom. The Morgan fingerprint density at radius 1 is 1.25 bits per heavy atom. The predicted octanol–water partition coefficient (Wildman–Crippen LogP) is 3.17. The van der Waals surface area contributed by atoms with Crippen LogP contribution < -0.4 is 4.90 Å². The van der Waals surface area contributed by atoms with Gasteiger partial charge >= 0.3 is 6.03 Å². The number of nitriles is 1. The Kier molecular flexibility index (Phi) is 3.17. The lowest BCUT2D eigenvalue weighted by Gasteiger charge is -2.40. The van der Waals surface area contributed by atoms with Crippen LogP contribution >= 0.6 is 0 Å². The number of pyridine rings is 1. The van der Waals surface area contributed by atoms with E-state index in [1.54, 1.807) is 12.4 Å². The fourth-order valence-corrected chi connectivity index (χ4v) is 3.44. The first-order valence-corrected chi connectivity index (χ1v) is 7.70. The van der Waals surface area contributed by atoms with Gasteiger partial charge in [-0.15, -0.1) is 0 Å². The molecule has 1 aliphatic heterocycles. The number of hydrogen-bond acceptors (Lipinski definition) is 3. The van der Waals surface area contributed by atoms with Crippen molar-refractivity contribution < 1.29 is 13.6 Å². The van der Waals surface area contributed by atoms with E-state index in [0.717, 1.165) is 10.8 Å². The number of aromatic nitrogens is 1. The summed E-state index contributed by atoms with van der Waals surface area (Å²) in [4.78, 5) is 19.7. The summed E-state index contributed by atoms with van der Waals surface area (Å²) in [5.74, 6) is -2.71. The standard InChI is InChI=1S/C17H14F2N4O/c18-17(19)5-12(6-17)22-10-13(7-20)23(16(22)24)15-9-21-8-11-3-1-2-4-14(11)15/h1-4,8-9,12-13H,5-6,10H2/t13-/m0/s1. The number of carbonyl (C=O) groups excluding carboxylic acids is 1. The minimum absolute atomic E-state index is 0.138. The van der Waals surface area contributed by atoms with E-state index in [-0.39, 0.29) is 19.4 Å². The van der Waals surface area contributed by atoms with Crippen molar-refractivity contribution >= 4 is 22.5 Å². The summed E-state index contributed by atoms with van der Waals surface area (Å²) in [5.41, 5.74) is 0.540. The molecule has 24 heavy (non-hydrogen) atoms. The molecule has 2 amide bonds. The molecule has 1 saturated carbocycles. The van der Waals surface area contributed by atoms with Gasteiger partial charge in [-0.1, -0.05) is 24.3 Å². The van der Waals surface area contributed by atoms with Crippen LogP contribution in [0.3, 0.4) is 0 Å². The highest BCUT2D eigenvalue weighted by Gasteiger charge is 2.53. The van der Waals surface area contributed by atoms with Gasteiger partial charge in [-0.25, -0.2) is 13.6 Å². The van der Waals surface area contributed by atoms with Crippen LogP contribution in [-0.4, -0.2) is 40.5 Å². The molecule has 1 aliphatic carbocycles. The molecular weight excluding hydrogens is 314 g/mol. The Morgan fingerprint density at radius 2 is 2.00 bits per heavy atom. The molecule has 2 aliphatic rings. The Hall–Kier alpha value is -2.75. The predicted molar refractivity (Wildman–Crippen MR) is 83.7 cm³/mol. The highest BCUT2D eigenvalue weighted by molar-refractivity contribution is 6.04. The summed E-state index contributed by atoms with van der Waals surface area (Å²) < 4.78 is 26.3. The molecule has 1 aromatic carbocycles. The topological polar surface area (TPSA) is 60.2 Å². The molecule has 122 valence electrons. The summed E-state index contributed by atoms with van der Waals surface area (Å²) in [6.45, 7) is 0.138. The summed E-state index contributed by atoms with van der Waals surface area (Å²) in [6, 6.07) is 7.93. The maximum atomic E-state index is 13.1. The van der Waals surface area contributed by atoms with E-state index in [4.69, 9.17) is 0 Å². The molecule has 5 nitrogen and oxygen atoms in total. The van der Waals surface area contributed by atoms with Gasteiger partial charge in [0, 0.05) is 35.9 Å². The number of fused-ring (bicyclic) bond motifs is 1. The highest BCUT2D eigenvalue weighted by atomic mass is 19.3. The molecule has 2 heterocycles. The van der Waals surface area contributed by atoms with E-state index < -0.39 is 24.0 Å². The van der Waals surface area contributed by atoms with E-state index in [0.29, 0.717) is 5.69 Å². The van der Waals surface area contributed by atoms with Crippen molar-refractivity contribution in [1.29, 1.82) is 5.26 Å².